The minimum absolute atomic E-state index is 0.189. The molecule has 0 saturated heterocycles. The number of carbonyl (C=O) groups excluding carboxylic acids is 3. The monoisotopic (exact) mass is 422 g/mol. The number of aryl methyl sites for hydroxylation is 1. The highest BCUT2D eigenvalue weighted by Crippen LogP contribution is 2.19. The number of nitriles is 1. The molecule has 31 heavy (non-hydrogen) atoms. The fraction of sp³-hybridized carbons (Fsp3) is 0.304. The van der Waals surface area contributed by atoms with Gasteiger partial charge in [-0.3, -0.25) is 9.59 Å². The van der Waals surface area contributed by atoms with Gasteiger partial charge in [-0.25, -0.2) is 4.79 Å². The van der Waals surface area contributed by atoms with Gasteiger partial charge in [-0.15, -0.1) is 0 Å². The summed E-state index contributed by atoms with van der Waals surface area (Å²) in [6.45, 7) is 6.26. The lowest BCUT2D eigenvalue weighted by molar-refractivity contribution is -0.142. The summed E-state index contributed by atoms with van der Waals surface area (Å²) in [6.07, 6.45) is 2.44. The molecule has 0 aliphatic rings. The van der Waals surface area contributed by atoms with Gasteiger partial charge in [0.2, 0.25) is 0 Å². The largest absolute Gasteiger partial charge is 0.451 e. The van der Waals surface area contributed by atoms with E-state index in [1.807, 2.05) is 26.0 Å². The van der Waals surface area contributed by atoms with E-state index >= 15 is 0 Å². The van der Waals surface area contributed by atoms with E-state index in [0.717, 1.165) is 29.9 Å². The number of nitrogens with one attached hydrogen (secondary N) is 2. The number of carbonyl (C=O) groups is 3. The van der Waals surface area contributed by atoms with Crippen molar-refractivity contribution in [3.63, 3.8) is 0 Å². The Morgan fingerprint density at radius 1 is 1.23 bits per heavy atom. The molecule has 162 valence electrons. The zero-order valence-electron chi connectivity index (χ0n) is 18.1. The van der Waals surface area contributed by atoms with E-state index in [-0.39, 0.29) is 11.5 Å². The first-order chi connectivity index (χ1) is 14.8. The molecule has 2 amide bonds. The molecule has 1 aromatic carbocycles. The van der Waals surface area contributed by atoms with Gasteiger partial charge in [0.15, 0.2) is 6.61 Å². The number of ether oxygens (including phenoxy) is 1. The van der Waals surface area contributed by atoms with E-state index in [9.17, 15) is 19.6 Å². The predicted molar refractivity (Wildman–Crippen MR) is 117 cm³/mol. The van der Waals surface area contributed by atoms with Crippen molar-refractivity contribution in [2.75, 3.05) is 19.0 Å². The Balaban J connectivity index is 2.03. The lowest BCUT2D eigenvalue weighted by Gasteiger charge is -2.08. The molecule has 0 spiro atoms. The van der Waals surface area contributed by atoms with Gasteiger partial charge < -0.3 is 19.9 Å². The van der Waals surface area contributed by atoms with Crippen molar-refractivity contribution in [3.05, 3.63) is 58.4 Å². The number of hydrogen-bond donors (Lipinski definition) is 2. The van der Waals surface area contributed by atoms with Crippen LogP contribution < -0.4 is 10.6 Å². The normalized spacial score (nSPS) is 10.9. The van der Waals surface area contributed by atoms with Gasteiger partial charge >= 0.3 is 5.97 Å². The number of hydrogen-bond acceptors (Lipinski definition) is 5. The molecule has 0 unspecified atom stereocenters. The van der Waals surface area contributed by atoms with E-state index in [0.29, 0.717) is 11.3 Å². The topological polar surface area (TPSA) is 113 Å². The van der Waals surface area contributed by atoms with E-state index in [1.54, 1.807) is 18.2 Å². The molecule has 2 rings (SSSR count). The van der Waals surface area contributed by atoms with Crippen LogP contribution in [0.5, 0.6) is 0 Å². The van der Waals surface area contributed by atoms with Crippen LogP contribution in [0.2, 0.25) is 0 Å². The molecule has 0 fully saturated rings. The van der Waals surface area contributed by atoms with Gasteiger partial charge in [0, 0.05) is 36.2 Å². The third kappa shape index (κ3) is 6.06. The van der Waals surface area contributed by atoms with Gasteiger partial charge in [-0.2, -0.15) is 5.26 Å². The third-order valence-electron chi connectivity index (χ3n) is 4.67. The van der Waals surface area contributed by atoms with Crippen molar-refractivity contribution < 1.29 is 19.1 Å². The molecule has 0 atom stereocenters. The molecule has 1 heterocycles. The highest BCUT2D eigenvalue weighted by Gasteiger charge is 2.16. The molecule has 0 bridgehead atoms. The highest BCUT2D eigenvalue weighted by molar-refractivity contribution is 6.01. The summed E-state index contributed by atoms with van der Waals surface area (Å²) in [4.78, 5) is 36.1. The van der Waals surface area contributed by atoms with Crippen molar-refractivity contribution in [1.29, 1.82) is 5.26 Å². The van der Waals surface area contributed by atoms with E-state index in [2.05, 4.69) is 22.1 Å². The zero-order chi connectivity index (χ0) is 23.0. The van der Waals surface area contributed by atoms with Gasteiger partial charge in [0.1, 0.15) is 11.6 Å². The Hall–Kier alpha value is -3.86. The van der Waals surface area contributed by atoms with Crippen LogP contribution in [0.25, 0.3) is 6.08 Å². The Morgan fingerprint density at radius 3 is 2.61 bits per heavy atom. The van der Waals surface area contributed by atoms with E-state index in [1.165, 1.54) is 19.2 Å². The molecular formula is C23H26N4O4. The first-order valence-corrected chi connectivity index (χ1v) is 9.88. The fourth-order valence-electron chi connectivity index (χ4n) is 3.12. The number of anilines is 1. The molecule has 8 nitrogen and oxygen atoms in total. The number of rotatable bonds is 8. The van der Waals surface area contributed by atoms with Crippen LogP contribution in [0, 0.1) is 25.2 Å². The number of amides is 2. The highest BCUT2D eigenvalue weighted by atomic mass is 16.5. The second-order valence-electron chi connectivity index (χ2n) is 6.93. The van der Waals surface area contributed by atoms with Gasteiger partial charge in [-0.05, 0) is 56.2 Å². The summed E-state index contributed by atoms with van der Waals surface area (Å²) < 4.78 is 7.11. The smallest absolute Gasteiger partial charge is 0.349 e. The Morgan fingerprint density at radius 2 is 1.97 bits per heavy atom. The van der Waals surface area contributed by atoms with Crippen molar-refractivity contribution in [3.8, 4) is 6.07 Å². The standard InChI is InChI=1S/C23H26N4O4/c1-5-9-27-15(2)10-18(16(27)3)11-19(13-24)23(30)31-14-21(28)26-20-8-6-7-17(12-20)22(29)25-4/h6-8,10-12H,5,9,14H2,1-4H3,(H,25,29)(H,26,28)/b19-11+. The number of aromatic nitrogens is 1. The molecule has 0 radical (unpaired) electrons. The van der Waals surface area contributed by atoms with Crippen LogP contribution in [0.3, 0.4) is 0 Å². The van der Waals surface area contributed by atoms with Gasteiger partial charge in [0.05, 0.1) is 0 Å². The van der Waals surface area contributed by atoms with E-state index in [4.69, 9.17) is 4.74 Å². The van der Waals surface area contributed by atoms with E-state index < -0.39 is 18.5 Å². The minimum Gasteiger partial charge on any atom is -0.451 e. The van der Waals surface area contributed by atoms with Crippen LogP contribution >= 0.6 is 0 Å². The van der Waals surface area contributed by atoms with Crippen molar-refractivity contribution in [2.24, 2.45) is 0 Å². The average molecular weight is 422 g/mol. The van der Waals surface area contributed by atoms with Crippen LogP contribution in [0.15, 0.2) is 35.9 Å². The van der Waals surface area contributed by atoms with Crippen LogP contribution in [0.1, 0.15) is 40.7 Å². The molecule has 2 N–H and O–H groups in total. The van der Waals surface area contributed by atoms with Crippen molar-refractivity contribution in [1.82, 2.24) is 9.88 Å². The summed E-state index contributed by atoms with van der Waals surface area (Å²) in [5.74, 6) is -1.75. The SMILES string of the molecule is CCCn1c(C)cc(/C=C(\C#N)C(=O)OCC(=O)Nc2cccc(C(=O)NC)c2)c1C. The average Bonchev–Trinajstić information content (AvgIpc) is 3.03. The van der Waals surface area contributed by atoms with Gasteiger partial charge in [0.25, 0.3) is 11.8 Å². The fourth-order valence-corrected chi connectivity index (χ4v) is 3.12. The maximum Gasteiger partial charge on any atom is 0.349 e. The quantitative estimate of drug-likeness (QED) is 0.386. The van der Waals surface area contributed by atoms with Crippen LogP contribution in [-0.2, 0) is 20.9 Å². The first-order valence-electron chi connectivity index (χ1n) is 9.88. The maximum atomic E-state index is 12.3. The summed E-state index contributed by atoms with van der Waals surface area (Å²) in [5, 5.41) is 14.4. The summed E-state index contributed by atoms with van der Waals surface area (Å²) in [5.41, 5.74) is 3.33. The number of esters is 1. The molecule has 8 heteroatoms. The maximum absolute atomic E-state index is 12.3. The molecule has 0 aliphatic heterocycles. The molecular weight excluding hydrogens is 396 g/mol. The van der Waals surface area contributed by atoms with Crippen LogP contribution in [-0.4, -0.2) is 36.0 Å². The second kappa shape index (κ2) is 10.8. The lowest BCUT2D eigenvalue weighted by atomic mass is 10.1. The second-order valence-corrected chi connectivity index (χ2v) is 6.93. The summed E-state index contributed by atoms with van der Waals surface area (Å²) in [7, 11) is 1.51. The molecule has 1 aromatic heterocycles. The third-order valence-corrected chi connectivity index (χ3v) is 4.67. The zero-order valence-corrected chi connectivity index (χ0v) is 18.1. The lowest BCUT2D eigenvalue weighted by Crippen LogP contribution is -2.22. The molecule has 2 aromatic rings. The molecule has 0 aliphatic carbocycles. The van der Waals surface area contributed by atoms with Gasteiger partial charge in [-0.1, -0.05) is 13.0 Å². The van der Waals surface area contributed by atoms with Crippen molar-refractivity contribution in [2.45, 2.75) is 33.7 Å². The minimum atomic E-state index is -0.878. The summed E-state index contributed by atoms with van der Waals surface area (Å²) in [6, 6.07) is 10.1. The number of nitrogens with zero attached hydrogens (tertiary/aromatic N) is 2. The Labute approximate surface area is 181 Å². The van der Waals surface area contributed by atoms with Crippen molar-refractivity contribution >= 4 is 29.5 Å². The first kappa shape index (κ1) is 23.4. The summed E-state index contributed by atoms with van der Waals surface area (Å²) >= 11 is 0. The Bertz CT molecular complexity index is 1060. The molecule has 0 saturated carbocycles. The number of benzene rings is 1. The van der Waals surface area contributed by atoms with Crippen LogP contribution in [0.4, 0.5) is 5.69 Å². The predicted octanol–water partition coefficient (Wildman–Crippen LogP) is 2.96. The Kier molecular flexibility index (Phi) is 8.15.